The number of nitrogens with one attached hydrogen (secondary N) is 3. The summed E-state index contributed by atoms with van der Waals surface area (Å²) in [6, 6.07) is 4.36. The summed E-state index contributed by atoms with van der Waals surface area (Å²) in [4.78, 5) is 20.5. The number of thiophene rings is 1. The first-order valence-corrected chi connectivity index (χ1v) is 11.2. The van der Waals surface area contributed by atoms with E-state index in [4.69, 9.17) is 4.99 Å². The van der Waals surface area contributed by atoms with Gasteiger partial charge in [-0.05, 0) is 56.5 Å². The van der Waals surface area contributed by atoms with Gasteiger partial charge < -0.3 is 16.0 Å². The minimum absolute atomic E-state index is 0. The van der Waals surface area contributed by atoms with Gasteiger partial charge in [0.05, 0.1) is 0 Å². The van der Waals surface area contributed by atoms with Crippen molar-refractivity contribution in [2.45, 2.75) is 39.2 Å². The second kappa shape index (κ2) is 12.6. The smallest absolute Gasteiger partial charge is 0.223 e. The molecule has 3 N–H and O–H groups in total. The number of guanidine groups is 1. The summed E-state index contributed by atoms with van der Waals surface area (Å²) in [6.07, 6.45) is 4.60. The summed E-state index contributed by atoms with van der Waals surface area (Å²) >= 11 is 1.84. The quantitative estimate of drug-likeness (QED) is 0.203. The lowest BCUT2D eigenvalue weighted by Gasteiger charge is -2.31. The summed E-state index contributed by atoms with van der Waals surface area (Å²) in [5, 5.41) is 11.8. The molecule has 0 bridgehead atoms. The van der Waals surface area contributed by atoms with E-state index in [0.29, 0.717) is 19.0 Å². The molecular formula is C20H34IN5OS. The molecule has 1 saturated carbocycles. The van der Waals surface area contributed by atoms with Crippen LogP contribution in [0.15, 0.2) is 22.5 Å². The largest absolute Gasteiger partial charge is 0.357 e. The summed E-state index contributed by atoms with van der Waals surface area (Å²) in [5.41, 5.74) is 0. The fourth-order valence-electron chi connectivity index (χ4n) is 3.49. The number of likely N-dealkylation sites (tertiary alicyclic amines) is 1. The van der Waals surface area contributed by atoms with E-state index in [9.17, 15) is 4.79 Å². The van der Waals surface area contributed by atoms with Crippen molar-refractivity contribution in [3.8, 4) is 0 Å². The average molecular weight is 519 g/mol. The molecule has 1 amide bonds. The molecule has 0 spiro atoms. The molecule has 0 aromatic carbocycles. The van der Waals surface area contributed by atoms with Gasteiger partial charge in [-0.3, -0.25) is 14.7 Å². The summed E-state index contributed by atoms with van der Waals surface area (Å²) < 4.78 is 0. The molecule has 2 heterocycles. The number of rotatable bonds is 9. The molecule has 2 fully saturated rings. The van der Waals surface area contributed by atoms with Crippen molar-refractivity contribution in [2.75, 3.05) is 39.3 Å². The molecule has 28 heavy (non-hydrogen) atoms. The van der Waals surface area contributed by atoms with Crippen LogP contribution in [0, 0.1) is 11.8 Å². The topological polar surface area (TPSA) is 68.8 Å². The van der Waals surface area contributed by atoms with Gasteiger partial charge in [-0.2, -0.15) is 0 Å². The van der Waals surface area contributed by atoms with Crippen molar-refractivity contribution in [3.63, 3.8) is 0 Å². The lowest BCUT2D eigenvalue weighted by Crippen LogP contribution is -2.42. The first-order valence-electron chi connectivity index (χ1n) is 10.3. The van der Waals surface area contributed by atoms with Gasteiger partial charge in [0, 0.05) is 50.1 Å². The van der Waals surface area contributed by atoms with E-state index in [1.807, 2.05) is 11.3 Å². The fraction of sp³-hybridized carbons (Fsp3) is 0.700. The van der Waals surface area contributed by atoms with Crippen LogP contribution >= 0.6 is 35.3 Å². The van der Waals surface area contributed by atoms with Gasteiger partial charge in [0.1, 0.15) is 0 Å². The van der Waals surface area contributed by atoms with Crippen LogP contribution in [0.4, 0.5) is 0 Å². The third-order valence-electron chi connectivity index (χ3n) is 5.08. The third kappa shape index (κ3) is 8.24. The molecule has 1 atom stereocenters. The Labute approximate surface area is 190 Å². The Balaban J connectivity index is 0.00000280. The molecule has 0 radical (unpaired) electrons. The molecule has 8 heteroatoms. The van der Waals surface area contributed by atoms with Crippen LogP contribution in [-0.2, 0) is 11.3 Å². The Hall–Kier alpha value is -0.870. The number of hydrogen-bond donors (Lipinski definition) is 3. The monoisotopic (exact) mass is 519 g/mol. The molecule has 2 aliphatic rings. The number of aliphatic imine (C=N–C) groups is 1. The third-order valence-corrected chi connectivity index (χ3v) is 5.94. The minimum Gasteiger partial charge on any atom is -0.357 e. The molecule has 1 aromatic rings. The van der Waals surface area contributed by atoms with Gasteiger partial charge in [-0.1, -0.05) is 6.07 Å². The SMILES string of the molecule is CCNC(=NCC1CCCN(Cc2cccs2)C1)NCCNC(=O)C1CC1.I. The number of amides is 1. The second-order valence-electron chi connectivity index (χ2n) is 7.53. The maximum atomic E-state index is 11.7. The lowest BCUT2D eigenvalue weighted by molar-refractivity contribution is -0.122. The number of hydrogen-bond acceptors (Lipinski definition) is 4. The van der Waals surface area contributed by atoms with Crippen molar-refractivity contribution in [1.29, 1.82) is 0 Å². The van der Waals surface area contributed by atoms with Gasteiger partial charge in [-0.15, -0.1) is 35.3 Å². The van der Waals surface area contributed by atoms with E-state index in [2.05, 4.69) is 45.3 Å². The Morgan fingerprint density at radius 1 is 1.25 bits per heavy atom. The standard InChI is InChI=1S/C20H33N5OS.HI/c1-2-21-20(23-10-9-22-19(26)17-7-8-17)24-13-16-5-3-11-25(14-16)15-18-6-4-12-27-18;/h4,6,12,16-17H,2-3,5,7-11,13-15H2,1H3,(H,22,26)(H2,21,23,24);1H. The summed E-state index contributed by atoms with van der Waals surface area (Å²) in [5.74, 6) is 1.94. The highest BCUT2D eigenvalue weighted by Crippen LogP contribution is 2.28. The fourth-order valence-corrected chi connectivity index (χ4v) is 4.23. The highest BCUT2D eigenvalue weighted by Gasteiger charge is 2.29. The van der Waals surface area contributed by atoms with Crippen molar-refractivity contribution in [1.82, 2.24) is 20.9 Å². The molecule has 158 valence electrons. The Bertz CT molecular complexity index is 606. The minimum atomic E-state index is 0. The zero-order valence-corrected chi connectivity index (χ0v) is 19.9. The molecule has 1 aliphatic heterocycles. The summed E-state index contributed by atoms with van der Waals surface area (Å²) in [7, 11) is 0. The van der Waals surface area contributed by atoms with Crippen LogP contribution in [0.3, 0.4) is 0 Å². The number of carbonyl (C=O) groups is 1. The second-order valence-corrected chi connectivity index (χ2v) is 8.57. The van der Waals surface area contributed by atoms with Crippen LogP contribution in [-0.4, -0.2) is 56.0 Å². The number of piperidine rings is 1. The molecule has 1 saturated heterocycles. The van der Waals surface area contributed by atoms with Gasteiger partial charge in [0.2, 0.25) is 5.91 Å². The zero-order chi connectivity index (χ0) is 18.9. The molecule has 1 aromatic heterocycles. The van der Waals surface area contributed by atoms with Crippen LogP contribution in [0.25, 0.3) is 0 Å². The Kier molecular flexibility index (Phi) is 10.6. The summed E-state index contributed by atoms with van der Waals surface area (Å²) in [6.45, 7) is 8.51. The van der Waals surface area contributed by atoms with Crippen LogP contribution in [0.2, 0.25) is 0 Å². The molecular weight excluding hydrogens is 485 g/mol. The van der Waals surface area contributed by atoms with Crippen LogP contribution in [0.1, 0.15) is 37.5 Å². The van der Waals surface area contributed by atoms with Crippen LogP contribution in [0.5, 0.6) is 0 Å². The van der Waals surface area contributed by atoms with E-state index in [0.717, 1.165) is 45.0 Å². The van der Waals surface area contributed by atoms with E-state index < -0.39 is 0 Å². The van der Waals surface area contributed by atoms with E-state index in [1.165, 1.54) is 24.3 Å². The highest BCUT2D eigenvalue weighted by atomic mass is 127. The maximum absolute atomic E-state index is 11.7. The number of nitrogens with zero attached hydrogens (tertiary/aromatic N) is 2. The molecule has 1 aliphatic carbocycles. The predicted octanol–water partition coefficient (Wildman–Crippen LogP) is 2.66. The van der Waals surface area contributed by atoms with E-state index in [-0.39, 0.29) is 35.8 Å². The van der Waals surface area contributed by atoms with Crippen molar-refractivity contribution >= 4 is 47.2 Å². The lowest BCUT2D eigenvalue weighted by atomic mass is 9.98. The number of halogens is 1. The van der Waals surface area contributed by atoms with E-state index in [1.54, 1.807) is 0 Å². The average Bonchev–Trinajstić information content (AvgIpc) is 3.41. The normalized spacial score (nSPS) is 20.3. The van der Waals surface area contributed by atoms with Crippen molar-refractivity contribution < 1.29 is 4.79 Å². The van der Waals surface area contributed by atoms with Gasteiger partial charge in [-0.25, -0.2) is 0 Å². The number of carbonyl (C=O) groups excluding carboxylic acids is 1. The van der Waals surface area contributed by atoms with Gasteiger partial charge >= 0.3 is 0 Å². The van der Waals surface area contributed by atoms with Gasteiger partial charge in [0.15, 0.2) is 5.96 Å². The zero-order valence-electron chi connectivity index (χ0n) is 16.8. The Morgan fingerprint density at radius 2 is 2.07 bits per heavy atom. The van der Waals surface area contributed by atoms with Crippen LogP contribution < -0.4 is 16.0 Å². The predicted molar refractivity (Wildman–Crippen MR) is 127 cm³/mol. The maximum Gasteiger partial charge on any atom is 0.223 e. The molecule has 3 rings (SSSR count). The van der Waals surface area contributed by atoms with E-state index >= 15 is 0 Å². The van der Waals surface area contributed by atoms with Gasteiger partial charge in [0.25, 0.3) is 0 Å². The highest BCUT2D eigenvalue weighted by molar-refractivity contribution is 14.0. The first kappa shape index (κ1) is 23.4. The molecule has 6 nitrogen and oxygen atoms in total. The van der Waals surface area contributed by atoms with Crippen molar-refractivity contribution in [3.05, 3.63) is 22.4 Å². The first-order chi connectivity index (χ1) is 13.2. The van der Waals surface area contributed by atoms with Crippen molar-refractivity contribution in [2.24, 2.45) is 16.8 Å². The molecule has 1 unspecified atom stereocenters. The Morgan fingerprint density at radius 3 is 2.79 bits per heavy atom.